The van der Waals surface area contributed by atoms with E-state index < -0.39 is 0 Å². The summed E-state index contributed by atoms with van der Waals surface area (Å²) in [6.07, 6.45) is 1.72. The van der Waals surface area contributed by atoms with Crippen molar-refractivity contribution in [2.75, 3.05) is 0 Å². The summed E-state index contributed by atoms with van der Waals surface area (Å²) in [7, 11) is 0. The van der Waals surface area contributed by atoms with Crippen molar-refractivity contribution in [3.63, 3.8) is 0 Å². The molecule has 0 fully saturated rings. The Morgan fingerprint density at radius 2 is 1.74 bits per heavy atom. The van der Waals surface area contributed by atoms with E-state index in [1.54, 1.807) is 6.20 Å². The zero-order valence-electron chi connectivity index (χ0n) is 10.4. The molecule has 0 amide bonds. The number of benzene rings is 2. The SMILES string of the molecule is Cc1cnc(-c2ccc3c(c2)oc2ccccc23)o1. The Morgan fingerprint density at radius 3 is 2.58 bits per heavy atom. The summed E-state index contributed by atoms with van der Waals surface area (Å²) in [5, 5.41) is 2.25. The lowest BCUT2D eigenvalue weighted by atomic mass is 10.1. The average Bonchev–Trinajstić information content (AvgIpc) is 3.01. The molecule has 4 rings (SSSR count). The Hall–Kier alpha value is -2.55. The number of hydrogen-bond acceptors (Lipinski definition) is 3. The van der Waals surface area contributed by atoms with Crippen LogP contribution in [-0.4, -0.2) is 4.98 Å². The summed E-state index contributed by atoms with van der Waals surface area (Å²) in [5.41, 5.74) is 2.69. The standard InChI is InChI=1S/C16H11NO2/c1-10-9-17-16(18-10)11-6-7-13-12-4-2-3-5-14(12)19-15(13)8-11/h2-9H,1H3. The van der Waals surface area contributed by atoms with Crippen molar-refractivity contribution in [2.24, 2.45) is 0 Å². The van der Waals surface area contributed by atoms with Crippen LogP contribution in [0.4, 0.5) is 0 Å². The molecule has 0 aliphatic heterocycles. The van der Waals surface area contributed by atoms with Gasteiger partial charge in [0, 0.05) is 16.3 Å². The van der Waals surface area contributed by atoms with Gasteiger partial charge >= 0.3 is 0 Å². The zero-order chi connectivity index (χ0) is 12.8. The molecule has 3 nitrogen and oxygen atoms in total. The van der Waals surface area contributed by atoms with E-state index in [9.17, 15) is 0 Å². The Balaban J connectivity index is 1.99. The summed E-state index contributed by atoms with van der Waals surface area (Å²) >= 11 is 0. The number of para-hydroxylation sites is 1. The predicted molar refractivity (Wildman–Crippen MR) is 74.0 cm³/mol. The summed E-state index contributed by atoms with van der Waals surface area (Å²) in [6.45, 7) is 1.89. The van der Waals surface area contributed by atoms with Gasteiger partial charge in [-0.25, -0.2) is 4.98 Å². The van der Waals surface area contributed by atoms with Crippen LogP contribution in [0.5, 0.6) is 0 Å². The van der Waals surface area contributed by atoms with Gasteiger partial charge in [0.2, 0.25) is 5.89 Å². The van der Waals surface area contributed by atoms with E-state index in [1.807, 2.05) is 37.3 Å². The summed E-state index contributed by atoms with van der Waals surface area (Å²) in [4.78, 5) is 4.24. The molecule has 2 heterocycles. The van der Waals surface area contributed by atoms with Crippen LogP contribution in [0, 0.1) is 6.92 Å². The molecule has 0 radical (unpaired) electrons. The van der Waals surface area contributed by atoms with Gasteiger partial charge in [0.1, 0.15) is 16.9 Å². The Bertz CT molecular complexity index is 886. The second kappa shape index (κ2) is 3.72. The van der Waals surface area contributed by atoms with Gasteiger partial charge in [0.25, 0.3) is 0 Å². The minimum atomic E-state index is 0.625. The first-order valence-electron chi connectivity index (χ1n) is 6.15. The van der Waals surface area contributed by atoms with Crippen LogP contribution >= 0.6 is 0 Å². The first kappa shape index (κ1) is 10.4. The van der Waals surface area contributed by atoms with Gasteiger partial charge in [-0.2, -0.15) is 0 Å². The smallest absolute Gasteiger partial charge is 0.226 e. The number of fused-ring (bicyclic) bond motifs is 3. The molecule has 0 aliphatic carbocycles. The molecule has 2 aromatic heterocycles. The van der Waals surface area contributed by atoms with Crippen molar-refractivity contribution in [1.29, 1.82) is 0 Å². The molecular weight excluding hydrogens is 238 g/mol. The van der Waals surface area contributed by atoms with Gasteiger partial charge in [-0.15, -0.1) is 0 Å². The van der Waals surface area contributed by atoms with E-state index in [0.29, 0.717) is 5.89 Å². The van der Waals surface area contributed by atoms with Crippen molar-refractivity contribution in [1.82, 2.24) is 4.98 Å². The topological polar surface area (TPSA) is 39.2 Å². The Labute approximate surface area is 109 Å². The summed E-state index contributed by atoms with van der Waals surface area (Å²) in [6, 6.07) is 14.1. The molecule has 0 N–H and O–H groups in total. The fraction of sp³-hybridized carbons (Fsp3) is 0.0625. The zero-order valence-corrected chi connectivity index (χ0v) is 10.4. The van der Waals surface area contributed by atoms with Crippen molar-refractivity contribution >= 4 is 21.9 Å². The molecule has 2 aromatic carbocycles. The quantitative estimate of drug-likeness (QED) is 0.496. The number of hydrogen-bond donors (Lipinski definition) is 0. The highest BCUT2D eigenvalue weighted by Gasteiger charge is 2.10. The number of aromatic nitrogens is 1. The van der Waals surface area contributed by atoms with Crippen LogP contribution in [0.3, 0.4) is 0 Å². The van der Waals surface area contributed by atoms with Crippen molar-refractivity contribution in [2.45, 2.75) is 6.92 Å². The van der Waals surface area contributed by atoms with E-state index in [4.69, 9.17) is 8.83 Å². The third-order valence-corrected chi connectivity index (χ3v) is 3.25. The first-order chi connectivity index (χ1) is 9.31. The lowest BCUT2D eigenvalue weighted by Crippen LogP contribution is -1.76. The fourth-order valence-corrected chi connectivity index (χ4v) is 2.35. The van der Waals surface area contributed by atoms with Crippen LogP contribution in [0.15, 0.2) is 57.5 Å². The van der Waals surface area contributed by atoms with Gasteiger partial charge in [-0.1, -0.05) is 18.2 Å². The fourth-order valence-electron chi connectivity index (χ4n) is 2.35. The van der Waals surface area contributed by atoms with Crippen LogP contribution in [0.2, 0.25) is 0 Å². The maximum absolute atomic E-state index is 5.85. The molecule has 0 unspecified atom stereocenters. The Kier molecular flexibility index (Phi) is 2.03. The van der Waals surface area contributed by atoms with Crippen molar-refractivity contribution in [3.05, 3.63) is 54.4 Å². The maximum atomic E-state index is 5.85. The van der Waals surface area contributed by atoms with Crippen LogP contribution in [0.1, 0.15) is 5.76 Å². The van der Waals surface area contributed by atoms with Crippen molar-refractivity contribution in [3.8, 4) is 11.5 Å². The van der Waals surface area contributed by atoms with Gasteiger partial charge < -0.3 is 8.83 Å². The van der Waals surface area contributed by atoms with E-state index in [-0.39, 0.29) is 0 Å². The molecule has 92 valence electrons. The van der Waals surface area contributed by atoms with E-state index in [1.165, 1.54) is 0 Å². The molecule has 0 spiro atoms. The minimum Gasteiger partial charge on any atom is -0.456 e. The van der Waals surface area contributed by atoms with E-state index >= 15 is 0 Å². The summed E-state index contributed by atoms with van der Waals surface area (Å²) in [5.74, 6) is 1.43. The molecule has 0 atom stereocenters. The van der Waals surface area contributed by atoms with Crippen LogP contribution in [0.25, 0.3) is 33.4 Å². The Morgan fingerprint density at radius 1 is 0.895 bits per heavy atom. The monoisotopic (exact) mass is 249 g/mol. The maximum Gasteiger partial charge on any atom is 0.226 e. The molecule has 0 bridgehead atoms. The predicted octanol–water partition coefficient (Wildman–Crippen LogP) is 4.55. The number of nitrogens with zero attached hydrogens (tertiary/aromatic N) is 1. The van der Waals surface area contributed by atoms with Crippen LogP contribution < -0.4 is 0 Å². The highest BCUT2D eigenvalue weighted by atomic mass is 16.4. The molecule has 0 saturated carbocycles. The number of oxazole rings is 1. The number of furan rings is 1. The van der Waals surface area contributed by atoms with Gasteiger partial charge in [0.15, 0.2) is 0 Å². The van der Waals surface area contributed by atoms with E-state index in [2.05, 4.69) is 17.1 Å². The minimum absolute atomic E-state index is 0.625. The third kappa shape index (κ3) is 1.55. The normalized spacial score (nSPS) is 11.4. The lowest BCUT2D eigenvalue weighted by molar-refractivity contribution is 0.542. The average molecular weight is 249 g/mol. The molecule has 3 heteroatoms. The molecule has 0 aliphatic rings. The van der Waals surface area contributed by atoms with Gasteiger partial charge in [-0.05, 0) is 31.2 Å². The molecule has 0 saturated heterocycles. The highest BCUT2D eigenvalue weighted by molar-refractivity contribution is 6.05. The highest BCUT2D eigenvalue weighted by Crippen LogP contribution is 2.31. The third-order valence-electron chi connectivity index (χ3n) is 3.25. The number of aryl methyl sites for hydroxylation is 1. The van der Waals surface area contributed by atoms with Crippen molar-refractivity contribution < 1.29 is 8.83 Å². The molecule has 4 aromatic rings. The van der Waals surface area contributed by atoms with E-state index in [0.717, 1.165) is 33.3 Å². The van der Waals surface area contributed by atoms with Gasteiger partial charge in [0.05, 0.1) is 6.20 Å². The first-order valence-corrected chi connectivity index (χ1v) is 6.15. The largest absolute Gasteiger partial charge is 0.456 e. The second-order valence-corrected chi connectivity index (χ2v) is 4.59. The number of rotatable bonds is 1. The summed E-state index contributed by atoms with van der Waals surface area (Å²) < 4.78 is 11.4. The second-order valence-electron chi connectivity index (χ2n) is 4.59. The molecule has 19 heavy (non-hydrogen) atoms. The van der Waals surface area contributed by atoms with Gasteiger partial charge in [-0.3, -0.25) is 0 Å². The van der Waals surface area contributed by atoms with Crippen LogP contribution in [-0.2, 0) is 0 Å². The molecular formula is C16H11NO2. The lowest BCUT2D eigenvalue weighted by Gasteiger charge is -1.95.